The first kappa shape index (κ1) is 15.4. The number of hydrogen-bond acceptors (Lipinski definition) is 2. The maximum absolute atomic E-state index is 5.66. The Balaban J connectivity index is 2.15. The minimum absolute atomic E-state index is 0.204. The van der Waals surface area contributed by atoms with Crippen molar-refractivity contribution in [2.75, 3.05) is 5.32 Å². The predicted octanol–water partition coefficient (Wildman–Crippen LogP) is 5.40. The lowest BCUT2D eigenvalue weighted by Gasteiger charge is -2.14. The Morgan fingerprint density at radius 3 is 2.00 bits per heavy atom. The third-order valence-electron chi connectivity index (χ3n) is 3.56. The van der Waals surface area contributed by atoms with E-state index in [9.17, 15) is 0 Å². The van der Waals surface area contributed by atoms with Gasteiger partial charge in [-0.05, 0) is 87.2 Å². The molecule has 0 unspecified atom stereocenters. The van der Waals surface area contributed by atoms with Crippen LogP contribution in [0.5, 0.6) is 5.75 Å². The van der Waals surface area contributed by atoms with Crippen molar-refractivity contribution in [3.05, 3.63) is 53.1 Å². The molecule has 0 aliphatic heterocycles. The summed E-state index contributed by atoms with van der Waals surface area (Å²) in [5.74, 6) is 0.907. The number of anilines is 2. The first-order chi connectivity index (χ1) is 9.99. The normalized spacial score (nSPS) is 10.8. The Labute approximate surface area is 128 Å². The highest BCUT2D eigenvalue weighted by atomic mass is 16.5. The Morgan fingerprint density at radius 2 is 1.52 bits per heavy atom. The monoisotopic (exact) mass is 283 g/mol. The molecule has 2 aromatic rings. The van der Waals surface area contributed by atoms with E-state index < -0.39 is 0 Å². The van der Waals surface area contributed by atoms with Gasteiger partial charge in [-0.1, -0.05) is 6.92 Å². The number of hydrogen-bond donors (Lipinski definition) is 1. The van der Waals surface area contributed by atoms with E-state index in [4.69, 9.17) is 4.74 Å². The lowest BCUT2D eigenvalue weighted by molar-refractivity contribution is 0.242. The van der Waals surface area contributed by atoms with Crippen LogP contribution in [0.1, 0.15) is 37.5 Å². The molecule has 2 nitrogen and oxygen atoms in total. The molecular formula is C19H25NO. The second-order valence-corrected chi connectivity index (χ2v) is 5.76. The Hall–Kier alpha value is -1.96. The van der Waals surface area contributed by atoms with Crippen LogP contribution in [0.4, 0.5) is 11.4 Å². The van der Waals surface area contributed by atoms with Crippen molar-refractivity contribution in [1.29, 1.82) is 0 Å². The van der Waals surface area contributed by atoms with Crippen LogP contribution in [0.3, 0.4) is 0 Å². The van der Waals surface area contributed by atoms with Crippen LogP contribution in [-0.2, 0) is 6.42 Å². The molecule has 2 aromatic carbocycles. The van der Waals surface area contributed by atoms with Gasteiger partial charge in [-0.3, -0.25) is 0 Å². The van der Waals surface area contributed by atoms with Crippen LogP contribution in [0, 0.1) is 13.8 Å². The van der Waals surface area contributed by atoms with Gasteiger partial charge in [0.1, 0.15) is 5.75 Å². The van der Waals surface area contributed by atoms with Crippen molar-refractivity contribution >= 4 is 11.4 Å². The lowest BCUT2D eigenvalue weighted by Crippen LogP contribution is -2.05. The number of nitrogens with one attached hydrogen (secondary N) is 1. The molecule has 1 N–H and O–H groups in total. The van der Waals surface area contributed by atoms with Gasteiger partial charge in [0.05, 0.1) is 6.10 Å². The highest BCUT2D eigenvalue weighted by Gasteiger charge is 2.04. The zero-order valence-corrected chi connectivity index (χ0v) is 13.7. The molecule has 0 heterocycles. The van der Waals surface area contributed by atoms with Crippen LogP contribution in [0.15, 0.2) is 36.4 Å². The van der Waals surface area contributed by atoms with Gasteiger partial charge in [0, 0.05) is 11.4 Å². The van der Waals surface area contributed by atoms with Gasteiger partial charge < -0.3 is 10.1 Å². The maximum atomic E-state index is 5.66. The molecule has 0 atom stereocenters. The van der Waals surface area contributed by atoms with E-state index in [1.165, 1.54) is 16.7 Å². The molecule has 0 aliphatic rings. The Kier molecular flexibility index (Phi) is 4.89. The molecule has 0 aromatic heterocycles. The molecule has 2 heteroatoms. The van der Waals surface area contributed by atoms with Gasteiger partial charge in [0.2, 0.25) is 0 Å². The summed E-state index contributed by atoms with van der Waals surface area (Å²) in [6.07, 6.45) is 1.29. The predicted molar refractivity (Wildman–Crippen MR) is 90.8 cm³/mol. The van der Waals surface area contributed by atoms with E-state index in [1.807, 2.05) is 26.0 Å². The van der Waals surface area contributed by atoms with E-state index >= 15 is 0 Å². The van der Waals surface area contributed by atoms with Gasteiger partial charge >= 0.3 is 0 Å². The molecule has 0 radical (unpaired) electrons. The maximum Gasteiger partial charge on any atom is 0.119 e. The number of ether oxygens (including phenoxy) is 1. The van der Waals surface area contributed by atoms with Crippen LogP contribution in [0.2, 0.25) is 0 Å². The van der Waals surface area contributed by atoms with Crippen molar-refractivity contribution in [3.63, 3.8) is 0 Å². The van der Waals surface area contributed by atoms with E-state index in [1.54, 1.807) is 0 Å². The molecule has 0 amide bonds. The largest absolute Gasteiger partial charge is 0.491 e. The Bertz CT molecular complexity index is 576. The van der Waals surface area contributed by atoms with Crippen LogP contribution >= 0.6 is 0 Å². The highest BCUT2D eigenvalue weighted by Crippen LogP contribution is 2.25. The summed E-state index contributed by atoms with van der Waals surface area (Å²) in [5.41, 5.74) is 6.36. The van der Waals surface area contributed by atoms with E-state index in [-0.39, 0.29) is 6.10 Å². The van der Waals surface area contributed by atoms with Gasteiger partial charge in [-0.15, -0.1) is 0 Å². The molecule has 0 saturated carbocycles. The van der Waals surface area contributed by atoms with E-state index in [2.05, 4.69) is 50.4 Å². The van der Waals surface area contributed by atoms with Crippen molar-refractivity contribution in [2.24, 2.45) is 0 Å². The summed E-state index contributed by atoms with van der Waals surface area (Å²) in [6.45, 7) is 10.6. The molecule has 0 spiro atoms. The summed E-state index contributed by atoms with van der Waals surface area (Å²) in [4.78, 5) is 0. The number of benzene rings is 2. The number of aryl methyl sites for hydroxylation is 2. The molecular weight excluding hydrogens is 258 g/mol. The molecule has 0 saturated heterocycles. The average Bonchev–Trinajstić information content (AvgIpc) is 2.40. The fourth-order valence-electron chi connectivity index (χ4n) is 2.68. The van der Waals surface area contributed by atoms with Crippen molar-refractivity contribution < 1.29 is 4.74 Å². The number of rotatable bonds is 5. The third kappa shape index (κ3) is 4.01. The van der Waals surface area contributed by atoms with E-state index in [0.717, 1.165) is 23.5 Å². The fourth-order valence-corrected chi connectivity index (χ4v) is 2.68. The summed E-state index contributed by atoms with van der Waals surface area (Å²) in [7, 11) is 0. The summed E-state index contributed by atoms with van der Waals surface area (Å²) < 4.78 is 5.66. The van der Waals surface area contributed by atoms with Crippen LogP contribution in [-0.4, -0.2) is 6.10 Å². The SMILES string of the molecule is CCc1c(C)cc(Nc2ccc(OC(C)C)cc2)cc1C. The van der Waals surface area contributed by atoms with E-state index in [0.29, 0.717) is 0 Å². The Morgan fingerprint density at radius 1 is 0.952 bits per heavy atom. The smallest absolute Gasteiger partial charge is 0.119 e. The standard InChI is InChI=1S/C19H25NO/c1-6-19-14(4)11-17(12-15(19)5)20-16-7-9-18(10-8-16)21-13(2)3/h7-13,20H,6H2,1-5H3. The van der Waals surface area contributed by atoms with Gasteiger partial charge in [0.25, 0.3) is 0 Å². The van der Waals surface area contributed by atoms with Crippen molar-refractivity contribution in [1.82, 2.24) is 0 Å². The second kappa shape index (κ2) is 6.66. The van der Waals surface area contributed by atoms with Crippen molar-refractivity contribution in [3.8, 4) is 5.75 Å². The lowest BCUT2D eigenvalue weighted by atomic mass is 10.00. The molecule has 21 heavy (non-hydrogen) atoms. The zero-order valence-electron chi connectivity index (χ0n) is 13.7. The fraction of sp³-hybridized carbons (Fsp3) is 0.368. The highest BCUT2D eigenvalue weighted by molar-refractivity contribution is 5.63. The summed E-state index contributed by atoms with van der Waals surface area (Å²) in [5, 5.41) is 3.46. The quantitative estimate of drug-likeness (QED) is 0.793. The van der Waals surface area contributed by atoms with Crippen LogP contribution < -0.4 is 10.1 Å². The summed E-state index contributed by atoms with van der Waals surface area (Å²) >= 11 is 0. The topological polar surface area (TPSA) is 21.3 Å². The first-order valence-corrected chi connectivity index (χ1v) is 7.63. The molecule has 0 bridgehead atoms. The van der Waals surface area contributed by atoms with Crippen LogP contribution in [0.25, 0.3) is 0 Å². The molecule has 0 fully saturated rings. The molecule has 2 rings (SSSR count). The average molecular weight is 283 g/mol. The first-order valence-electron chi connectivity index (χ1n) is 7.63. The zero-order chi connectivity index (χ0) is 15.4. The minimum atomic E-state index is 0.204. The van der Waals surface area contributed by atoms with Gasteiger partial charge in [-0.25, -0.2) is 0 Å². The third-order valence-corrected chi connectivity index (χ3v) is 3.56. The minimum Gasteiger partial charge on any atom is -0.491 e. The molecule has 112 valence electrons. The van der Waals surface area contributed by atoms with Gasteiger partial charge in [-0.2, -0.15) is 0 Å². The summed E-state index contributed by atoms with van der Waals surface area (Å²) in [6, 6.07) is 12.5. The second-order valence-electron chi connectivity index (χ2n) is 5.76. The van der Waals surface area contributed by atoms with Crippen molar-refractivity contribution in [2.45, 2.75) is 47.1 Å². The molecule has 0 aliphatic carbocycles. The van der Waals surface area contributed by atoms with Gasteiger partial charge in [0.15, 0.2) is 0 Å².